The van der Waals surface area contributed by atoms with Gasteiger partial charge in [0.2, 0.25) is 0 Å². The molecule has 0 saturated heterocycles. The Labute approximate surface area is 123 Å². The van der Waals surface area contributed by atoms with E-state index in [0.29, 0.717) is 5.69 Å². The van der Waals surface area contributed by atoms with Gasteiger partial charge in [-0.1, -0.05) is 18.3 Å². The van der Waals surface area contributed by atoms with E-state index in [1.807, 2.05) is 43.3 Å². The zero-order valence-corrected chi connectivity index (χ0v) is 12.2. The van der Waals surface area contributed by atoms with E-state index in [4.69, 9.17) is 18.0 Å². The van der Waals surface area contributed by atoms with Crippen LogP contribution >= 0.6 is 12.2 Å². The highest BCUT2D eigenvalue weighted by Gasteiger charge is 2.11. The zero-order valence-electron chi connectivity index (χ0n) is 11.4. The zero-order chi connectivity index (χ0) is 14.7. The Morgan fingerprint density at radius 2 is 1.80 bits per heavy atom. The van der Waals surface area contributed by atoms with E-state index in [-0.39, 0.29) is 10.6 Å². The van der Waals surface area contributed by atoms with E-state index >= 15 is 0 Å². The molecule has 20 heavy (non-hydrogen) atoms. The van der Waals surface area contributed by atoms with Gasteiger partial charge in [-0.15, -0.1) is 0 Å². The molecule has 0 aliphatic rings. The van der Waals surface area contributed by atoms with Crippen LogP contribution in [0.2, 0.25) is 0 Å². The minimum Gasteiger partial charge on any atom is -0.389 e. The van der Waals surface area contributed by atoms with Gasteiger partial charge in [-0.2, -0.15) is 0 Å². The fraction of sp³-hybridized carbons (Fsp3) is 0.133. The van der Waals surface area contributed by atoms with Crippen molar-refractivity contribution in [3.05, 3.63) is 53.8 Å². The summed E-state index contributed by atoms with van der Waals surface area (Å²) in [7, 11) is 3.94. The second-order valence-electron chi connectivity index (χ2n) is 4.59. The minimum atomic E-state index is -0.424. The van der Waals surface area contributed by atoms with Crippen LogP contribution < -0.4 is 16.0 Å². The molecule has 0 radical (unpaired) electrons. The number of thiocarbonyl (C=S) groups is 1. The van der Waals surface area contributed by atoms with Crippen LogP contribution in [0.25, 0.3) is 0 Å². The summed E-state index contributed by atoms with van der Waals surface area (Å²) in [5.74, 6) is -0.424. The first-order chi connectivity index (χ1) is 9.49. The molecule has 0 bridgehead atoms. The summed E-state index contributed by atoms with van der Waals surface area (Å²) in [4.78, 5) is 2.04. The number of nitrogens with two attached hydrogens (primary N) is 1. The predicted molar refractivity (Wildman–Crippen MR) is 86.3 cm³/mol. The Bertz CT molecular complexity index is 624. The van der Waals surface area contributed by atoms with E-state index in [1.165, 1.54) is 6.07 Å². The maximum atomic E-state index is 13.8. The van der Waals surface area contributed by atoms with Gasteiger partial charge in [-0.25, -0.2) is 4.39 Å². The molecule has 104 valence electrons. The number of halogens is 1. The van der Waals surface area contributed by atoms with Crippen molar-refractivity contribution in [1.29, 1.82) is 0 Å². The Morgan fingerprint density at radius 3 is 2.35 bits per heavy atom. The van der Waals surface area contributed by atoms with Gasteiger partial charge in [0.1, 0.15) is 10.8 Å². The van der Waals surface area contributed by atoms with E-state index in [1.54, 1.807) is 12.1 Å². The molecule has 2 aromatic carbocycles. The Kier molecular flexibility index (Phi) is 4.20. The molecule has 0 heterocycles. The fourth-order valence-corrected chi connectivity index (χ4v) is 2.08. The first-order valence-electron chi connectivity index (χ1n) is 6.12. The lowest BCUT2D eigenvalue weighted by Gasteiger charge is -2.15. The SMILES string of the molecule is CN(C)c1ccc(Nc2cccc(F)c2C(N)=S)cc1. The summed E-state index contributed by atoms with van der Waals surface area (Å²) in [6.07, 6.45) is 0. The van der Waals surface area contributed by atoms with Crippen LogP contribution in [0.1, 0.15) is 5.56 Å². The second-order valence-corrected chi connectivity index (χ2v) is 5.03. The van der Waals surface area contributed by atoms with Crippen molar-refractivity contribution in [2.24, 2.45) is 5.73 Å². The third-order valence-corrected chi connectivity index (χ3v) is 3.13. The Morgan fingerprint density at radius 1 is 1.15 bits per heavy atom. The molecular weight excluding hydrogens is 273 g/mol. The van der Waals surface area contributed by atoms with E-state index < -0.39 is 5.82 Å². The van der Waals surface area contributed by atoms with Crippen LogP contribution in [-0.4, -0.2) is 19.1 Å². The molecule has 0 atom stereocenters. The number of nitrogens with one attached hydrogen (secondary N) is 1. The third kappa shape index (κ3) is 3.05. The van der Waals surface area contributed by atoms with Gasteiger partial charge < -0.3 is 16.0 Å². The number of hydrogen-bond donors (Lipinski definition) is 2. The molecule has 0 unspecified atom stereocenters. The van der Waals surface area contributed by atoms with Crippen molar-refractivity contribution in [3.63, 3.8) is 0 Å². The molecule has 2 aromatic rings. The number of anilines is 3. The summed E-state index contributed by atoms with van der Waals surface area (Å²) >= 11 is 4.90. The van der Waals surface area contributed by atoms with E-state index in [2.05, 4.69) is 5.32 Å². The topological polar surface area (TPSA) is 41.3 Å². The van der Waals surface area contributed by atoms with Gasteiger partial charge in [-0.3, -0.25) is 0 Å². The molecule has 0 aliphatic carbocycles. The predicted octanol–water partition coefficient (Wildman–Crippen LogP) is 3.27. The average molecular weight is 289 g/mol. The largest absolute Gasteiger partial charge is 0.389 e. The summed E-state index contributed by atoms with van der Waals surface area (Å²) in [5, 5.41) is 3.13. The van der Waals surface area contributed by atoms with Crippen LogP contribution in [0.3, 0.4) is 0 Å². The summed E-state index contributed by atoms with van der Waals surface area (Å²) in [6, 6.07) is 12.5. The third-order valence-electron chi connectivity index (χ3n) is 2.92. The molecule has 5 heteroatoms. The fourth-order valence-electron chi connectivity index (χ4n) is 1.88. The molecule has 0 spiro atoms. The first kappa shape index (κ1) is 14.3. The van der Waals surface area contributed by atoms with Crippen molar-refractivity contribution in [3.8, 4) is 0 Å². The first-order valence-corrected chi connectivity index (χ1v) is 6.52. The summed E-state index contributed by atoms with van der Waals surface area (Å²) in [5.41, 5.74) is 8.31. The maximum absolute atomic E-state index is 13.8. The van der Waals surface area contributed by atoms with Gasteiger partial charge in [0.25, 0.3) is 0 Å². The quantitative estimate of drug-likeness (QED) is 0.848. The summed E-state index contributed by atoms with van der Waals surface area (Å²) < 4.78 is 13.8. The van der Waals surface area contributed by atoms with Crippen LogP contribution in [-0.2, 0) is 0 Å². The van der Waals surface area contributed by atoms with Crippen LogP contribution in [0.15, 0.2) is 42.5 Å². The minimum absolute atomic E-state index is 0.0375. The van der Waals surface area contributed by atoms with Crippen molar-refractivity contribution in [1.82, 2.24) is 0 Å². The lowest BCUT2D eigenvalue weighted by Crippen LogP contribution is -2.14. The Hall–Kier alpha value is -2.14. The van der Waals surface area contributed by atoms with Crippen molar-refractivity contribution in [2.75, 3.05) is 24.3 Å². The average Bonchev–Trinajstić information content (AvgIpc) is 2.39. The van der Waals surface area contributed by atoms with Crippen molar-refractivity contribution in [2.45, 2.75) is 0 Å². The molecule has 0 amide bonds. The molecule has 3 N–H and O–H groups in total. The molecule has 3 nitrogen and oxygen atoms in total. The smallest absolute Gasteiger partial charge is 0.135 e. The van der Waals surface area contributed by atoms with Crippen LogP contribution in [0, 0.1) is 5.82 Å². The standard InChI is InChI=1S/C15H16FN3S/c1-19(2)11-8-6-10(7-9-11)18-13-5-3-4-12(16)14(13)15(17)20/h3-9,18H,1-2H3,(H2,17,20). The summed E-state index contributed by atoms with van der Waals surface area (Å²) in [6.45, 7) is 0. The molecule has 0 fully saturated rings. The van der Waals surface area contributed by atoms with Crippen LogP contribution in [0.5, 0.6) is 0 Å². The van der Waals surface area contributed by atoms with Gasteiger partial charge in [0.15, 0.2) is 0 Å². The lowest BCUT2D eigenvalue weighted by molar-refractivity contribution is 0.626. The molecule has 0 saturated carbocycles. The monoisotopic (exact) mass is 289 g/mol. The van der Waals surface area contributed by atoms with E-state index in [0.717, 1.165) is 11.4 Å². The number of rotatable bonds is 4. The van der Waals surface area contributed by atoms with Crippen molar-refractivity contribution < 1.29 is 4.39 Å². The molecule has 2 rings (SSSR count). The molecular formula is C15H16FN3S. The highest BCUT2D eigenvalue weighted by Crippen LogP contribution is 2.24. The Balaban J connectivity index is 2.30. The lowest BCUT2D eigenvalue weighted by atomic mass is 10.1. The van der Waals surface area contributed by atoms with Gasteiger partial charge in [0, 0.05) is 25.5 Å². The molecule has 0 aliphatic heterocycles. The highest BCUT2D eigenvalue weighted by atomic mass is 32.1. The number of benzene rings is 2. The number of hydrogen-bond acceptors (Lipinski definition) is 3. The second kappa shape index (κ2) is 5.88. The van der Waals surface area contributed by atoms with Crippen molar-refractivity contribution >= 4 is 34.3 Å². The highest BCUT2D eigenvalue weighted by molar-refractivity contribution is 7.80. The maximum Gasteiger partial charge on any atom is 0.135 e. The number of nitrogens with zero attached hydrogens (tertiary/aromatic N) is 1. The van der Waals surface area contributed by atoms with Gasteiger partial charge in [-0.05, 0) is 36.4 Å². The van der Waals surface area contributed by atoms with Gasteiger partial charge >= 0.3 is 0 Å². The van der Waals surface area contributed by atoms with Gasteiger partial charge in [0.05, 0.1) is 11.3 Å². The van der Waals surface area contributed by atoms with Crippen LogP contribution in [0.4, 0.5) is 21.5 Å². The normalized spacial score (nSPS) is 10.2. The van der Waals surface area contributed by atoms with E-state index in [9.17, 15) is 4.39 Å². The molecule has 0 aromatic heterocycles.